The van der Waals surface area contributed by atoms with Gasteiger partial charge in [0.05, 0.1) is 18.0 Å². The summed E-state index contributed by atoms with van der Waals surface area (Å²) in [6.07, 6.45) is 2.21. The predicted octanol–water partition coefficient (Wildman–Crippen LogP) is 4.16. The third kappa shape index (κ3) is 5.84. The molecule has 0 aromatic heterocycles. The molecule has 0 unspecified atom stereocenters. The molecule has 6 nitrogen and oxygen atoms in total. The van der Waals surface area contributed by atoms with Crippen LogP contribution in [0.5, 0.6) is 0 Å². The highest BCUT2D eigenvalue weighted by atomic mass is 16.5. The van der Waals surface area contributed by atoms with Gasteiger partial charge in [-0.1, -0.05) is 18.2 Å². The van der Waals surface area contributed by atoms with E-state index >= 15 is 0 Å². The summed E-state index contributed by atoms with van der Waals surface area (Å²) in [5, 5.41) is 10.9. The van der Waals surface area contributed by atoms with Crippen molar-refractivity contribution in [1.82, 2.24) is 0 Å². The highest BCUT2D eigenvalue weighted by Crippen LogP contribution is 2.19. The molecule has 0 aliphatic carbocycles. The van der Waals surface area contributed by atoms with Gasteiger partial charge in [-0.05, 0) is 43.3 Å². The number of carbonyl (C=O) groups excluding carboxylic acids is 2. The van der Waals surface area contributed by atoms with Crippen LogP contribution < -0.4 is 5.32 Å². The van der Waals surface area contributed by atoms with Gasteiger partial charge in [-0.15, -0.1) is 0 Å². The van der Waals surface area contributed by atoms with Crippen molar-refractivity contribution in [3.63, 3.8) is 0 Å². The van der Waals surface area contributed by atoms with Crippen LogP contribution in [0.2, 0.25) is 0 Å². The summed E-state index contributed by atoms with van der Waals surface area (Å²) in [4.78, 5) is 22.8. The van der Waals surface area contributed by atoms with Gasteiger partial charge in [-0.3, -0.25) is 4.79 Å². The number of rotatable bonds is 6. The van der Waals surface area contributed by atoms with E-state index in [1.54, 1.807) is 31.2 Å². The highest BCUT2D eigenvalue weighted by molar-refractivity contribution is 6.02. The van der Waals surface area contributed by atoms with Crippen molar-refractivity contribution < 1.29 is 14.3 Å². The van der Waals surface area contributed by atoms with Gasteiger partial charge in [0.1, 0.15) is 0 Å². The molecule has 0 aliphatic heterocycles. The van der Waals surface area contributed by atoms with Crippen LogP contribution in [0.1, 0.15) is 6.92 Å². The molecule has 122 valence electrons. The Balaban J connectivity index is 1.91. The molecule has 2 aromatic rings. The first-order valence-corrected chi connectivity index (χ1v) is 7.40. The van der Waals surface area contributed by atoms with Crippen LogP contribution in [0, 0.1) is 0 Å². The molecule has 0 heterocycles. The van der Waals surface area contributed by atoms with Crippen LogP contribution in [0.3, 0.4) is 0 Å². The lowest BCUT2D eigenvalue weighted by atomic mass is 10.3. The fourth-order valence-corrected chi connectivity index (χ4v) is 1.74. The average Bonchev–Trinajstić information content (AvgIpc) is 2.61. The van der Waals surface area contributed by atoms with Gasteiger partial charge in [0.25, 0.3) is 0 Å². The topological polar surface area (TPSA) is 80.1 Å². The summed E-state index contributed by atoms with van der Waals surface area (Å²) in [6.45, 7) is 1.96. The molecule has 1 N–H and O–H groups in total. The highest BCUT2D eigenvalue weighted by Gasteiger charge is 2.00. The van der Waals surface area contributed by atoms with Crippen LogP contribution in [-0.4, -0.2) is 18.5 Å². The molecule has 0 atom stereocenters. The Labute approximate surface area is 139 Å². The first-order valence-electron chi connectivity index (χ1n) is 7.40. The van der Waals surface area contributed by atoms with E-state index in [4.69, 9.17) is 4.74 Å². The van der Waals surface area contributed by atoms with Crippen LogP contribution in [0.15, 0.2) is 77.0 Å². The number of benzene rings is 2. The maximum Gasteiger partial charge on any atom is 0.330 e. The van der Waals surface area contributed by atoms with Gasteiger partial charge in [0, 0.05) is 17.8 Å². The molecule has 0 bridgehead atoms. The molecule has 2 aromatic carbocycles. The number of nitrogens with one attached hydrogen (secondary N) is 1. The number of hydrogen-bond donors (Lipinski definition) is 1. The maximum absolute atomic E-state index is 11.7. The Morgan fingerprint density at radius 1 is 0.958 bits per heavy atom. The van der Waals surface area contributed by atoms with Crippen LogP contribution in [-0.2, 0) is 14.3 Å². The van der Waals surface area contributed by atoms with Crippen LogP contribution in [0.25, 0.3) is 0 Å². The minimum absolute atomic E-state index is 0.268. The number of azo groups is 1. The van der Waals surface area contributed by atoms with E-state index in [1.165, 1.54) is 0 Å². The summed E-state index contributed by atoms with van der Waals surface area (Å²) in [5.74, 6) is -0.967. The number of nitrogens with zero attached hydrogens (tertiary/aromatic N) is 2. The molecule has 0 spiro atoms. The molecule has 2 rings (SSSR count). The lowest BCUT2D eigenvalue weighted by Gasteiger charge is -2.02. The number of amides is 1. The normalized spacial score (nSPS) is 10.9. The van der Waals surface area contributed by atoms with Crippen molar-refractivity contribution in [3.8, 4) is 0 Å². The van der Waals surface area contributed by atoms with E-state index in [0.29, 0.717) is 11.4 Å². The lowest BCUT2D eigenvalue weighted by molar-refractivity contribution is -0.137. The van der Waals surface area contributed by atoms with Gasteiger partial charge >= 0.3 is 5.97 Å². The third-order valence-corrected chi connectivity index (χ3v) is 2.83. The van der Waals surface area contributed by atoms with Crippen molar-refractivity contribution in [1.29, 1.82) is 0 Å². The largest absolute Gasteiger partial charge is 0.463 e. The van der Waals surface area contributed by atoms with Crippen molar-refractivity contribution in [2.45, 2.75) is 6.92 Å². The molecule has 0 radical (unpaired) electrons. The molecule has 1 amide bonds. The van der Waals surface area contributed by atoms with Crippen molar-refractivity contribution in [2.75, 3.05) is 11.9 Å². The summed E-state index contributed by atoms with van der Waals surface area (Å²) in [5.41, 5.74) is 2.02. The second-order valence-electron chi connectivity index (χ2n) is 4.66. The van der Waals surface area contributed by atoms with E-state index in [0.717, 1.165) is 17.8 Å². The average molecular weight is 323 g/mol. The Morgan fingerprint density at radius 2 is 1.58 bits per heavy atom. The Morgan fingerprint density at radius 3 is 2.21 bits per heavy atom. The van der Waals surface area contributed by atoms with Gasteiger partial charge in [-0.25, -0.2) is 4.79 Å². The zero-order valence-corrected chi connectivity index (χ0v) is 13.2. The molecule has 24 heavy (non-hydrogen) atoms. The second-order valence-corrected chi connectivity index (χ2v) is 4.66. The van der Waals surface area contributed by atoms with Gasteiger partial charge in [-0.2, -0.15) is 10.2 Å². The standard InChI is InChI=1S/C18H17N3O3/c1-2-24-18(23)13-12-17(22)19-14-8-10-16(11-9-14)21-20-15-6-4-3-5-7-15/h3-13H,2H2,1H3,(H,19,22)/b13-12-,21-20?. The van der Waals surface area contributed by atoms with Gasteiger partial charge in [0.15, 0.2) is 0 Å². The zero-order chi connectivity index (χ0) is 17.2. The van der Waals surface area contributed by atoms with E-state index in [2.05, 4.69) is 15.5 Å². The minimum atomic E-state index is -0.552. The quantitative estimate of drug-likeness (QED) is 0.492. The number of carbonyl (C=O) groups is 2. The molecule has 0 fully saturated rings. The van der Waals surface area contributed by atoms with Crippen molar-refractivity contribution >= 4 is 28.9 Å². The third-order valence-electron chi connectivity index (χ3n) is 2.83. The molecular weight excluding hydrogens is 306 g/mol. The SMILES string of the molecule is CCOC(=O)/C=C\C(=O)Nc1ccc(N=Nc2ccccc2)cc1. The van der Waals surface area contributed by atoms with Crippen molar-refractivity contribution in [3.05, 3.63) is 66.7 Å². The number of hydrogen-bond acceptors (Lipinski definition) is 5. The fraction of sp³-hybridized carbons (Fsp3) is 0.111. The van der Waals surface area contributed by atoms with E-state index < -0.39 is 11.9 Å². The molecule has 0 aliphatic rings. The molecule has 0 saturated carbocycles. The minimum Gasteiger partial charge on any atom is -0.463 e. The van der Waals surface area contributed by atoms with E-state index in [1.807, 2.05) is 30.3 Å². The predicted molar refractivity (Wildman–Crippen MR) is 91.5 cm³/mol. The van der Waals surface area contributed by atoms with Crippen LogP contribution in [0.4, 0.5) is 17.1 Å². The number of esters is 1. The molecule has 6 heteroatoms. The second kappa shape index (κ2) is 8.99. The summed E-state index contributed by atoms with van der Waals surface area (Å²) >= 11 is 0. The summed E-state index contributed by atoms with van der Waals surface area (Å²) in [6, 6.07) is 16.3. The first kappa shape index (κ1) is 17.1. The number of ether oxygens (including phenoxy) is 1. The Hall–Kier alpha value is -3.28. The Bertz CT molecular complexity index is 738. The molecular formula is C18H17N3O3. The van der Waals surface area contributed by atoms with Crippen LogP contribution >= 0.6 is 0 Å². The fourth-order valence-electron chi connectivity index (χ4n) is 1.74. The van der Waals surface area contributed by atoms with E-state index in [-0.39, 0.29) is 6.61 Å². The summed E-state index contributed by atoms with van der Waals surface area (Å²) < 4.78 is 4.69. The first-order chi connectivity index (χ1) is 11.7. The Kier molecular flexibility index (Phi) is 6.40. The zero-order valence-electron chi connectivity index (χ0n) is 13.2. The van der Waals surface area contributed by atoms with E-state index in [9.17, 15) is 9.59 Å². The van der Waals surface area contributed by atoms with Gasteiger partial charge < -0.3 is 10.1 Å². The lowest BCUT2D eigenvalue weighted by Crippen LogP contribution is -2.09. The molecule has 0 saturated heterocycles. The number of anilines is 1. The monoisotopic (exact) mass is 323 g/mol. The maximum atomic E-state index is 11.7. The van der Waals surface area contributed by atoms with Gasteiger partial charge in [0.2, 0.25) is 5.91 Å². The van der Waals surface area contributed by atoms with Crippen molar-refractivity contribution in [2.24, 2.45) is 10.2 Å². The summed E-state index contributed by atoms with van der Waals surface area (Å²) in [7, 11) is 0. The smallest absolute Gasteiger partial charge is 0.330 e.